The van der Waals surface area contributed by atoms with Crippen LogP contribution in [0, 0.1) is 0 Å². The monoisotopic (exact) mass is 335 g/mol. The van der Waals surface area contributed by atoms with E-state index in [-0.39, 0.29) is 29.6 Å². The number of piperazine rings is 1. The molecule has 3 heterocycles. The second-order valence-corrected chi connectivity index (χ2v) is 8.12. The van der Waals surface area contributed by atoms with Crippen molar-refractivity contribution in [1.29, 1.82) is 0 Å². The first kappa shape index (κ1) is 14.5. The molecule has 0 saturated carbocycles. The van der Waals surface area contributed by atoms with Gasteiger partial charge in [0.25, 0.3) is 0 Å². The summed E-state index contributed by atoms with van der Waals surface area (Å²) >= 11 is 0. The number of nitrogens with zero attached hydrogens (tertiary/aromatic N) is 2. The van der Waals surface area contributed by atoms with Crippen LogP contribution in [0.3, 0.4) is 0 Å². The highest BCUT2D eigenvalue weighted by Crippen LogP contribution is 2.24. The topological polar surface area (TPSA) is 107 Å². The molecule has 0 radical (unpaired) electrons. The number of anilines is 1. The molecular weight excluding hydrogens is 318 g/mol. The first-order valence-corrected chi connectivity index (χ1v) is 9.29. The molecule has 2 saturated heterocycles. The highest BCUT2D eigenvalue weighted by atomic mass is 32.2. The van der Waals surface area contributed by atoms with Crippen molar-refractivity contribution < 1.29 is 13.2 Å². The SMILES string of the molecule is O=C(Nc1cccc2[nH]ncc12)N1CCN[C@@H]2CS(=O)(=O)C[C@@H]21. The number of hydrogen-bond acceptors (Lipinski definition) is 5. The molecule has 9 heteroatoms. The Balaban J connectivity index is 1.58. The van der Waals surface area contributed by atoms with Crippen molar-refractivity contribution >= 4 is 32.5 Å². The number of aromatic amines is 1. The van der Waals surface area contributed by atoms with Crippen LogP contribution in [0.15, 0.2) is 24.4 Å². The Hall–Kier alpha value is -2.13. The van der Waals surface area contributed by atoms with E-state index >= 15 is 0 Å². The number of fused-ring (bicyclic) bond motifs is 2. The van der Waals surface area contributed by atoms with Crippen LogP contribution >= 0.6 is 0 Å². The molecule has 122 valence electrons. The van der Waals surface area contributed by atoms with Gasteiger partial charge in [-0.1, -0.05) is 6.07 Å². The number of sulfone groups is 1. The third-order valence-corrected chi connectivity index (χ3v) is 6.19. The molecule has 23 heavy (non-hydrogen) atoms. The quantitative estimate of drug-likeness (QED) is 0.688. The fourth-order valence-electron chi connectivity index (χ4n) is 3.38. The van der Waals surface area contributed by atoms with E-state index in [1.807, 2.05) is 12.1 Å². The van der Waals surface area contributed by atoms with Gasteiger partial charge in [0.05, 0.1) is 34.9 Å². The number of nitrogens with one attached hydrogen (secondary N) is 3. The summed E-state index contributed by atoms with van der Waals surface area (Å²) in [7, 11) is -3.09. The van der Waals surface area contributed by atoms with E-state index in [9.17, 15) is 13.2 Å². The van der Waals surface area contributed by atoms with Crippen LogP contribution in [0.25, 0.3) is 10.9 Å². The number of aromatic nitrogens is 2. The predicted molar refractivity (Wildman–Crippen MR) is 86.1 cm³/mol. The van der Waals surface area contributed by atoms with Gasteiger partial charge in [-0.15, -0.1) is 0 Å². The Kier molecular flexibility index (Phi) is 3.27. The normalized spacial score (nSPS) is 26.2. The number of carbonyl (C=O) groups is 1. The first-order valence-electron chi connectivity index (χ1n) is 7.47. The number of amides is 2. The Labute approximate surface area is 133 Å². The Morgan fingerprint density at radius 3 is 3.09 bits per heavy atom. The summed E-state index contributed by atoms with van der Waals surface area (Å²) < 4.78 is 23.7. The van der Waals surface area contributed by atoms with E-state index < -0.39 is 9.84 Å². The zero-order valence-corrected chi connectivity index (χ0v) is 13.1. The van der Waals surface area contributed by atoms with Crippen molar-refractivity contribution in [3.63, 3.8) is 0 Å². The van der Waals surface area contributed by atoms with Gasteiger partial charge in [0.15, 0.2) is 9.84 Å². The minimum atomic E-state index is -3.09. The molecular formula is C14H17N5O3S. The van der Waals surface area contributed by atoms with Crippen molar-refractivity contribution in [2.75, 3.05) is 29.9 Å². The molecule has 1 aromatic carbocycles. The zero-order valence-electron chi connectivity index (χ0n) is 12.3. The van der Waals surface area contributed by atoms with Crippen LogP contribution < -0.4 is 10.6 Å². The maximum Gasteiger partial charge on any atom is 0.322 e. The number of urea groups is 1. The molecule has 0 bridgehead atoms. The second-order valence-electron chi connectivity index (χ2n) is 5.97. The van der Waals surface area contributed by atoms with Crippen LogP contribution in [0.1, 0.15) is 0 Å². The maximum absolute atomic E-state index is 12.6. The fourth-order valence-corrected chi connectivity index (χ4v) is 5.34. The number of H-pyrrole nitrogens is 1. The standard InChI is InChI=1S/C14H17N5O3S/c20-14(17-10-2-1-3-11-9(10)6-16-18-11)19-5-4-15-12-7-23(21,22)8-13(12)19/h1-3,6,12-13,15H,4-5,7-8H2,(H,16,18)(H,17,20)/t12-,13+/m1/s1. The lowest BCUT2D eigenvalue weighted by Gasteiger charge is -2.37. The highest BCUT2D eigenvalue weighted by molar-refractivity contribution is 7.91. The van der Waals surface area contributed by atoms with Gasteiger partial charge in [-0.2, -0.15) is 5.10 Å². The number of benzene rings is 1. The van der Waals surface area contributed by atoms with Gasteiger partial charge in [-0.3, -0.25) is 5.10 Å². The van der Waals surface area contributed by atoms with Crippen molar-refractivity contribution in [3.05, 3.63) is 24.4 Å². The number of hydrogen-bond donors (Lipinski definition) is 3. The molecule has 0 aliphatic carbocycles. The average Bonchev–Trinajstić information content (AvgIpc) is 3.09. The van der Waals surface area contributed by atoms with Gasteiger partial charge >= 0.3 is 6.03 Å². The molecule has 2 fully saturated rings. The second kappa shape index (κ2) is 5.20. The van der Waals surface area contributed by atoms with Gasteiger partial charge < -0.3 is 15.5 Å². The van der Waals surface area contributed by atoms with Crippen LogP contribution in [0.4, 0.5) is 10.5 Å². The summed E-state index contributed by atoms with van der Waals surface area (Å²) in [5, 5.41) is 13.7. The van der Waals surface area contributed by atoms with Crippen LogP contribution in [0.2, 0.25) is 0 Å². The first-order chi connectivity index (χ1) is 11.0. The molecule has 0 spiro atoms. The summed E-state index contributed by atoms with van der Waals surface area (Å²) in [6.45, 7) is 1.09. The molecule has 2 atom stereocenters. The van der Waals surface area contributed by atoms with Crippen molar-refractivity contribution in [3.8, 4) is 0 Å². The van der Waals surface area contributed by atoms with Gasteiger partial charge in [0.2, 0.25) is 0 Å². The van der Waals surface area contributed by atoms with E-state index in [1.165, 1.54) is 0 Å². The Morgan fingerprint density at radius 2 is 2.22 bits per heavy atom. The van der Waals surface area contributed by atoms with Crippen molar-refractivity contribution in [2.45, 2.75) is 12.1 Å². The van der Waals surface area contributed by atoms with Gasteiger partial charge in [0.1, 0.15) is 0 Å². The Morgan fingerprint density at radius 1 is 1.35 bits per heavy atom. The summed E-state index contributed by atoms with van der Waals surface area (Å²) in [6, 6.07) is 4.76. The maximum atomic E-state index is 12.6. The van der Waals surface area contributed by atoms with E-state index in [1.54, 1.807) is 17.2 Å². The molecule has 2 aromatic rings. The smallest absolute Gasteiger partial charge is 0.318 e. The van der Waals surface area contributed by atoms with Crippen LogP contribution in [-0.2, 0) is 9.84 Å². The van der Waals surface area contributed by atoms with E-state index in [2.05, 4.69) is 20.8 Å². The molecule has 2 amide bonds. The Bertz CT molecular complexity index is 862. The van der Waals surface area contributed by atoms with Crippen molar-refractivity contribution in [2.24, 2.45) is 0 Å². The lowest BCUT2D eigenvalue weighted by atomic mass is 10.1. The van der Waals surface area contributed by atoms with Gasteiger partial charge in [0, 0.05) is 24.5 Å². The molecule has 3 N–H and O–H groups in total. The minimum absolute atomic E-state index is 0.0218. The van der Waals surface area contributed by atoms with E-state index in [4.69, 9.17) is 0 Å². The van der Waals surface area contributed by atoms with Crippen LogP contribution in [-0.4, -0.2) is 66.2 Å². The molecule has 0 unspecified atom stereocenters. The highest BCUT2D eigenvalue weighted by Gasteiger charge is 2.44. The molecule has 2 aliphatic rings. The van der Waals surface area contributed by atoms with Gasteiger partial charge in [-0.25, -0.2) is 13.2 Å². The van der Waals surface area contributed by atoms with Gasteiger partial charge in [-0.05, 0) is 12.1 Å². The van der Waals surface area contributed by atoms with E-state index in [0.29, 0.717) is 18.8 Å². The zero-order chi connectivity index (χ0) is 16.0. The summed E-state index contributed by atoms with van der Waals surface area (Å²) in [5.41, 5.74) is 1.50. The number of carbonyl (C=O) groups excluding carboxylic acids is 1. The van der Waals surface area contributed by atoms with Crippen molar-refractivity contribution in [1.82, 2.24) is 20.4 Å². The predicted octanol–water partition coefficient (Wildman–Crippen LogP) is 0.166. The molecule has 1 aromatic heterocycles. The number of rotatable bonds is 1. The summed E-state index contributed by atoms with van der Waals surface area (Å²) in [5.74, 6) is 0.118. The third kappa shape index (κ3) is 2.55. The average molecular weight is 335 g/mol. The molecule has 4 rings (SSSR count). The lowest BCUT2D eigenvalue weighted by molar-refractivity contribution is 0.163. The largest absolute Gasteiger partial charge is 0.322 e. The summed E-state index contributed by atoms with van der Waals surface area (Å²) in [6.07, 6.45) is 1.66. The molecule has 8 nitrogen and oxygen atoms in total. The fraction of sp³-hybridized carbons (Fsp3) is 0.429. The minimum Gasteiger partial charge on any atom is -0.318 e. The van der Waals surface area contributed by atoms with Crippen LogP contribution in [0.5, 0.6) is 0 Å². The van der Waals surface area contributed by atoms with E-state index in [0.717, 1.165) is 10.9 Å². The lowest BCUT2D eigenvalue weighted by Crippen LogP contribution is -2.59. The third-order valence-electron chi connectivity index (χ3n) is 4.47. The molecule has 2 aliphatic heterocycles. The summed E-state index contributed by atoms with van der Waals surface area (Å²) in [4.78, 5) is 14.3.